The van der Waals surface area contributed by atoms with E-state index in [0.717, 1.165) is 0 Å². The van der Waals surface area contributed by atoms with Crippen LogP contribution in [0.5, 0.6) is 0 Å². The van der Waals surface area contributed by atoms with Crippen LogP contribution in [-0.2, 0) is 18.5 Å². The molecule has 0 spiro atoms. The van der Waals surface area contributed by atoms with E-state index in [9.17, 15) is 8.42 Å². The third-order valence-corrected chi connectivity index (χ3v) is 6.26. The molecule has 0 aliphatic rings. The molecule has 3 nitrogen and oxygen atoms in total. The van der Waals surface area contributed by atoms with Crippen molar-refractivity contribution in [2.75, 3.05) is 0 Å². The maximum absolute atomic E-state index is 13.1. The van der Waals surface area contributed by atoms with Gasteiger partial charge >= 0.3 is 0 Å². The van der Waals surface area contributed by atoms with Gasteiger partial charge in [0.05, 0.1) is 0 Å². The molecule has 0 atom stereocenters. The summed E-state index contributed by atoms with van der Waals surface area (Å²) in [5.41, 5.74) is 1.78. The largest absolute Gasteiger partial charge is 0.296 e. The standard InChI is InChI=1S/C19H16O3S2/c20-24(21,22-23)19(16-10-4-1-5-11-16,17-12-6-2-7-13-17)18-14-8-3-9-15-18/h1-15,23H. The molecular weight excluding hydrogens is 340 g/mol. The summed E-state index contributed by atoms with van der Waals surface area (Å²) >= 11 is 3.66. The minimum Gasteiger partial charge on any atom is -0.200 e. The fourth-order valence-electron chi connectivity index (χ4n) is 3.01. The van der Waals surface area contributed by atoms with E-state index in [1.807, 2.05) is 54.6 Å². The summed E-state index contributed by atoms with van der Waals surface area (Å²) in [6.45, 7) is 0. The summed E-state index contributed by atoms with van der Waals surface area (Å²) in [5.74, 6) is 0. The molecule has 0 heterocycles. The highest BCUT2D eigenvalue weighted by Crippen LogP contribution is 2.44. The first kappa shape index (κ1) is 16.8. The zero-order valence-electron chi connectivity index (χ0n) is 12.7. The highest BCUT2D eigenvalue weighted by atomic mass is 32.3. The van der Waals surface area contributed by atoms with Crippen LogP contribution < -0.4 is 0 Å². The Kier molecular flexibility index (Phi) is 4.76. The smallest absolute Gasteiger partial charge is 0.200 e. The minimum absolute atomic E-state index is 0.594. The predicted octanol–water partition coefficient (Wildman–Crippen LogP) is 4.17. The number of thiol groups is 1. The fourth-order valence-corrected chi connectivity index (χ4v) is 4.73. The molecule has 122 valence electrons. The highest BCUT2D eigenvalue weighted by molar-refractivity contribution is 7.96. The number of hydrogen-bond donors (Lipinski definition) is 1. The van der Waals surface area contributed by atoms with Crippen molar-refractivity contribution >= 4 is 23.0 Å². The third-order valence-electron chi connectivity index (χ3n) is 4.01. The lowest BCUT2D eigenvalue weighted by Gasteiger charge is -2.33. The molecule has 0 fully saturated rings. The quantitative estimate of drug-likeness (QED) is 0.424. The Morgan fingerprint density at radius 1 is 0.625 bits per heavy atom. The van der Waals surface area contributed by atoms with Gasteiger partial charge in [0, 0.05) is 0 Å². The fraction of sp³-hybridized carbons (Fsp3) is 0.0526. The average Bonchev–Trinajstić information content (AvgIpc) is 2.65. The molecule has 24 heavy (non-hydrogen) atoms. The normalized spacial score (nSPS) is 12.0. The van der Waals surface area contributed by atoms with Crippen molar-refractivity contribution in [3.8, 4) is 0 Å². The van der Waals surface area contributed by atoms with Gasteiger partial charge in [-0.25, -0.2) is 0 Å². The summed E-state index contributed by atoms with van der Waals surface area (Å²) < 4.78 is 29.5. The molecule has 0 aromatic heterocycles. The van der Waals surface area contributed by atoms with E-state index in [-0.39, 0.29) is 0 Å². The van der Waals surface area contributed by atoms with Gasteiger partial charge in [-0.3, -0.25) is 0 Å². The SMILES string of the molecule is O=S(=O)(OS)C(c1ccccc1)(c1ccccc1)c1ccccc1. The van der Waals surface area contributed by atoms with Crippen LogP contribution in [0.2, 0.25) is 0 Å². The molecular formula is C19H16O3S2. The predicted molar refractivity (Wildman–Crippen MR) is 98.2 cm³/mol. The van der Waals surface area contributed by atoms with Crippen LogP contribution in [-0.4, -0.2) is 8.42 Å². The lowest BCUT2D eigenvalue weighted by Crippen LogP contribution is -2.38. The van der Waals surface area contributed by atoms with Gasteiger partial charge in [0.15, 0.2) is 4.75 Å². The summed E-state index contributed by atoms with van der Waals surface area (Å²) in [5, 5.41) is 0. The molecule has 0 aliphatic carbocycles. The van der Waals surface area contributed by atoms with Gasteiger partial charge < -0.3 is 0 Å². The summed E-state index contributed by atoms with van der Waals surface area (Å²) in [7, 11) is -4.12. The van der Waals surface area contributed by atoms with Crippen LogP contribution >= 0.6 is 12.9 Å². The Morgan fingerprint density at radius 2 is 0.917 bits per heavy atom. The van der Waals surface area contributed by atoms with Gasteiger partial charge in [-0.15, -0.1) is 0 Å². The lowest BCUT2D eigenvalue weighted by atomic mass is 9.84. The molecule has 0 amide bonds. The lowest BCUT2D eigenvalue weighted by molar-refractivity contribution is 0.495. The molecule has 3 aromatic rings. The molecule has 0 N–H and O–H groups in total. The molecule has 0 unspecified atom stereocenters. The zero-order valence-corrected chi connectivity index (χ0v) is 14.5. The van der Waals surface area contributed by atoms with Gasteiger partial charge in [-0.2, -0.15) is 12.0 Å². The second-order valence-corrected chi connectivity index (χ2v) is 7.42. The van der Waals surface area contributed by atoms with E-state index in [4.69, 9.17) is 3.63 Å². The molecule has 3 aromatic carbocycles. The van der Waals surface area contributed by atoms with Crippen molar-refractivity contribution < 1.29 is 12.0 Å². The van der Waals surface area contributed by atoms with Crippen molar-refractivity contribution in [3.63, 3.8) is 0 Å². The van der Waals surface area contributed by atoms with Crippen molar-refractivity contribution in [2.45, 2.75) is 4.75 Å². The van der Waals surface area contributed by atoms with Crippen molar-refractivity contribution in [1.82, 2.24) is 0 Å². The summed E-state index contributed by atoms with van der Waals surface area (Å²) in [4.78, 5) is 0. The molecule has 5 heteroatoms. The second-order valence-electron chi connectivity index (χ2n) is 5.31. The van der Waals surface area contributed by atoms with E-state index >= 15 is 0 Å². The molecule has 0 saturated carbocycles. The summed E-state index contributed by atoms with van der Waals surface area (Å²) in [6.07, 6.45) is 0. The Hall–Kier alpha value is -2.08. The first-order valence-corrected chi connectivity index (χ1v) is 9.14. The van der Waals surface area contributed by atoms with E-state index in [0.29, 0.717) is 16.7 Å². The van der Waals surface area contributed by atoms with Crippen molar-refractivity contribution in [1.29, 1.82) is 0 Å². The first-order chi connectivity index (χ1) is 11.6. The van der Waals surface area contributed by atoms with Crippen molar-refractivity contribution in [2.24, 2.45) is 0 Å². The van der Waals surface area contributed by atoms with E-state index in [1.54, 1.807) is 36.4 Å². The van der Waals surface area contributed by atoms with Gasteiger partial charge in [0.1, 0.15) is 0 Å². The minimum atomic E-state index is -4.12. The average molecular weight is 356 g/mol. The van der Waals surface area contributed by atoms with E-state index in [1.165, 1.54) is 0 Å². The Labute approximate surface area is 147 Å². The van der Waals surface area contributed by atoms with Crippen molar-refractivity contribution in [3.05, 3.63) is 108 Å². The Morgan fingerprint density at radius 3 is 1.17 bits per heavy atom. The van der Waals surface area contributed by atoms with Crippen LogP contribution in [0.3, 0.4) is 0 Å². The summed E-state index contributed by atoms with van der Waals surface area (Å²) in [6, 6.07) is 27.1. The number of hydrogen-bond acceptors (Lipinski definition) is 4. The molecule has 0 aliphatic heterocycles. The van der Waals surface area contributed by atoms with Gasteiger partial charge in [0.2, 0.25) is 0 Å². The third kappa shape index (κ3) is 2.65. The highest BCUT2D eigenvalue weighted by Gasteiger charge is 2.49. The van der Waals surface area contributed by atoms with Gasteiger partial charge in [-0.1, -0.05) is 91.0 Å². The van der Waals surface area contributed by atoms with E-state index in [2.05, 4.69) is 12.9 Å². The van der Waals surface area contributed by atoms with Crippen LogP contribution in [0.1, 0.15) is 16.7 Å². The molecule has 3 rings (SSSR count). The number of rotatable bonds is 5. The molecule has 0 radical (unpaired) electrons. The maximum atomic E-state index is 13.1. The van der Waals surface area contributed by atoms with Gasteiger partial charge in [-0.05, 0) is 29.6 Å². The molecule has 0 saturated heterocycles. The zero-order chi connectivity index (χ0) is 17.0. The van der Waals surface area contributed by atoms with Crippen LogP contribution in [0.4, 0.5) is 0 Å². The second kappa shape index (κ2) is 6.81. The topological polar surface area (TPSA) is 43.4 Å². The molecule has 0 bridgehead atoms. The van der Waals surface area contributed by atoms with Gasteiger partial charge in [0.25, 0.3) is 10.1 Å². The van der Waals surface area contributed by atoms with Crippen LogP contribution in [0.15, 0.2) is 91.0 Å². The number of benzene rings is 3. The maximum Gasteiger partial charge on any atom is 0.296 e. The van der Waals surface area contributed by atoms with Crippen LogP contribution in [0, 0.1) is 0 Å². The Balaban J connectivity index is 2.47. The van der Waals surface area contributed by atoms with Crippen LogP contribution in [0.25, 0.3) is 0 Å². The first-order valence-electron chi connectivity index (χ1n) is 7.37. The van der Waals surface area contributed by atoms with E-state index < -0.39 is 14.9 Å². The monoisotopic (exact) mass is 356 g/mol. The Bertz CT molecular complexity index is 796.